The summed E-state index contributed by atoms with van der Waals surface area (Å²) in [6.45, 7) is 6.97. The van der Waals surface area contributed by atoms with E-state index in [0.29, 0.717) is 41.3 Å². The lowest BCUT2D eigenvalue weighted by Crippen LogP contribution is -2.26. The third-order valence-corrected chi connectivity index (χ3v) is 8.28. The second-order valence-corrected chi connectivity index (χ2v) is 12.0. The molecule has 1 amide bonds. The lowest BCUT2D eigenvalue weighted by atomic mass is 10.0. The zero-order chi connectivity index (χ0) is 32.8. The minimum absolute atomic E-state index is 0.0663. The van der Waals surface area contributed by atoms with Crippen LogP contribution in [0.5, 0.6) is 17.2 Å². The van der Waals surface area contributed by atoms with Crippen molar-refractivity contribution in [2.24, 2.45) is 5.92 Å². The molecule has 2 N–H and O–H groups in total. The largest absolute Gasteiger partial charge is 0.494 e. The molecule has 0 radical (unpaired) electrons. The third kappa shape index (κ3) is 7.65. The minimum Gasteiger partial charge on any atom is -0.494 e. The third-order valence-electron chi connectivity index (χ3n) is 8.28. The molecule has 2 aliphatic heterocycles. The molecule has 0 spiro atoms. The fourth-order valence-electron chi connectivity index (χ4n) is 6.18. The lowest BCUT2D eigenvalue weighted by Gasteiger charge is -2.25. The zero-order valence-corrected chi connectivity index (χ0v) is 27.1. The number of amides is 1. The number of ether oxygens (including phenoxy) is 2. The van der Waals surface area contributed by atoms with Crippen LogP contribution in [0.2, 0.25) is 0 Å². The number of aromatic nitrogens is 2. The van der Waals surface area contributed by atoms with Crippen LogP contribution < -0.4 is 30.1 Å². The molecule has 2 atom stereocenters. The Hall–Kier alpha value is -5.13. The fourth-order valence-corrected chi connectivity index (χ4v) is 6.18. The number of hydroxylamine groups is 1. The first-order valence-corrected chi connectivity index (χ1v) is 15.8. The second kappa shape index (κ2) is 14.5. The molecule has 3 heterocycles. The van der Waals surface area contributed by atoms with E-state index in [4.69, 9.17) is 14.3 Å². The molecule has 0 aliphatic carbocycles. The van der Waals surface area contributed by atoms with Crippen molar-refractivity contribution in [3.63, 3.8) is 0 Å². The first-order chi connectivity index (χ1) is 22.9. The van der Waals surface area contributed by atoms with Crippen LogP contribution in [0.3, 0.4) is 0 Å². The Balaban J connectivity index is 1.24. The van der Waals surface area contributed by atoms with Crippen molar-refractivity contribution >= 4 is 34.6 Å². The summed E-state index contributed by atoms with van der Waals surface area (Å²) in [5.74, 6) is 3.56. The van der Waals surface area contributed by atoms with E-state index in [0.717, 1.165) is 55.2 Å². The van der Waals surface area contributed by atoms with Crippen LogP contribution in [0, 0.1) is 5.92 Å². The number of para-hydroxylation sites is 1. The maximum atomic E-state index is 12.5. The molecule has 0 bridgehead atoms. The molecule has 2 saturated heterocycles. The number of rotatable bonds is 12. The van der Waals surface area contributed by atoms with E-state index < -0.39 is 0 Å². The summed E-state index contributed by atoms with van der Waals surface area (Å²) in [7, 11) is 5.82. The monoisotopic (exact) mass is 635 g/mol. The van der Waals surface area contributed by atoms with Gasteiger partial charge in [0.25, 0.3) is 0 Å². The molecule has 0 unspecified atom stereocenters. The van der Waals surface area contributed by atoms with Gasteiger partial charge < -0.3 is 29.9 Å². The average molecular weight is 636 g/mol. The van der Waals surface area contributed by atoms with Gasteiger partial charge in [0.15, 0.2) is 5.82 Å². The number of carbonyl (C=O) groups excluding carboxylic acids is 1. The van der Waals surface area contributed by atoms with Crippen molar-refractivity contribution in [3.8, 4) is 17.2 Å². The van der Waals surface area contributed by atoms with Crippen molar-refractivity contribution in [1.29, 1.82) is 0 Å². The predicted molar refractivity (Wildman–Crippen MR) is 185 cm³/mol. The highest BCUT2D eigenvalue weighted by Crippen LogP contribution is 2.41. The van der Waals surface area contributed by atoms with Gasteiger partial charge in [0.1, 0.15) is 29.4 Å². The van der Waals surface area contributed by atoms with E-state index in [1.807, 2.05) is 71.8 Å². The number of benzene rings is 3. The number of hydrogen-bond donors (Lipinski definition) is 2. The van der Waals surface area contributed by atoms with E-state index in [-0.39, 0.29) is 11.9 Å². The molecule has 1 aromatic heterocycles. The summed E-state index contributed by atoms with van der Waals surface area (Å²) >= 11 is 0. The van der Waals surface area contributed by atoms with Crippen LogP contribution >= 0.6 is 0 Å². The number of nitrogens with one attached hydrogen (secondary N) is 2. The molecule has 0 saturated carbocycles. The van der Waals surface area contributed by atoms with E-state index in [2.05, 4.69) is 57.1 Å². The van der Waals surface area contributed by atoms with Crippen molar-refractivity contribution in [1.82, 2.24) is 14.9 Å². The Morgan fingerprint density at radius 3 is 2.66 bits per heavy atom. The smallest absolute Gasteiger partial charge is 0.247 e. The van der Waals surface area contributed by atoms with Gasteiger partial charge in [0.05, 0.1) is 36.8 Å². The molecule has 6 rings (SSSR count). The Morgan fingerprint density at radius 2 is 1.87 bits per heavy atom. The molecular weight excluding hydrogens is 594 g/mol. The zero-order valence-electron chi connectivity index (χ0n) is 27.1. The maximum Gasteiger partial charge on any atom is 0.247 e. The number of hydrogen-bond acceptors (Lipinski definition) is 10. The normalized spacial score (nSPS) is 17.5. The highest BCUT2D eigenvalue weighted by atomic mass is 16.7. The molecular formula is C36H41N7O4. The van der Waals surface area contributed by atoms with Crippen LogP contribution in [0.25, 0.3) is 0 Å². The molecule has 2 fully saturated rings. The number of methoxy groups -OCH3 is 1. The fraction of sp³-hybridized carbons (Fsp3) is 0.306. The van der Waals surface area contributed by atoms with E-state index in [1.165, 1.54) is 12.4 Å². The highest BCUT2D eigenvalue weighted by Gasteiger charge is 2.30. The van der Waals surface area contributed by atoms with Gasteiger partial charge in [-0.1, -0.05) is 36.9 Å². The van der Waals surface area contributed by atoms with Crippen molar-refractivity contribution in [3.05, 3.63) is 97.3 Å². The van der Waals surface area contributed by atoms with E-state index in [9.17, 15) is 4.79 Å². The van der Waals surface area contributed by atoms with Gasteiger partial charge >= 0.3 is 0 Å². The molecule has 4 aromatic rings. The second-order valence-electron chi connectivity index (χ2n) is 12.0. The van der Waals surface area contributed by atoms with Gasteiger partial charge in [-0.25, -0.2) is 15.0 Å². The Kier molecular flexibility index (Phi) is 9.84. The van der Waals surface area contributed by atoms with Crippen LogP contribution in [0.1, 0.15) is 24.4 Å². The molecule has 2 aliphatic rings. The predicted octanol–water partition coefficient (Wildman–Crippen LogP) is 6.42. The highest BCUT2D eigenvalue weighted by molar-refractivity contribution is 6.02. The number of nitrogens with zero attached hydrogens (tertiary/aromatic N) is 5. The van der Waals surface area contributed by atoms with Gasteiger partial charge in [-0.2, -0.15) is 0 Å². The van der Waals surface area contributed by atoms with Gasteiger partial charge in [-0.15, -0.1) is 0 Å². The van der Waals surface area contributed by atoms with Crippen LogP contribution in [0.4, 0.5) is 28.7 Å². The summed E-state index contributed by atoms with van der Waals surface area (Å²) in [4.78, 5) is 32.1. The average Bonchev–Trinajstić information content (AvgIpc) is 3.76. The first-order valence-electron chi connectivity index (χ1n) is 15.8. The van der Waals surface area contributed by atoms with Gasteiger partial charge in [-0.05, 0) is 68.4 Å². The minimum atomic E-state index is -0.286. The number of carbonyl (C=O) groups is 1. The van der Waals surface area contributed by atoms with Gasteiger partial charge in [0.2, 0.25) is 5.91 Å². The Bertz CT molecular complexity index is 1700. The van der Waals surface area contributed by atoms with Gasteiger partial charge in [-0.3, -0.25) is 9.63 Å². The Labute approximate surface area is 275 Å². The lowest BCUT2D eigenvalue weighted by molar-refractivity contribution is -0.111. The summed E-state index contributed by atoms with van der Waals surface area (Å²) in [6.07, 6.45) is 4.63. The standard InChI is InChI=1S/C36H41N7O4/c1-5-36(44)40-29-19-30(33(45-4)20-32(29)42-16-14-25(23-42)22-41(2)3)39-34-21-35(38-24-37-34)43-31(15-17-46-43)26-10-9-13-28(18-26)47-27-11-7-6-8-12-27/h5-13,18-21,24-25,31H,1,14-17,22-23H2,2-4H3,(H,40,44)(H,37,38,39)/t25-,31+/m0/s1. The van der Waals surface area contributed by atoms with Gasteiger partial charge in [0, 0.05) is 38.2 Å². The van der Waals surface area contributed by atoms with E-state index in [1.54, 1.807) is 7.11 Å². The van der Waals surface area contributed by atoms with Crippen molar-refractivity contribution < 1.29 is 19.1 Å². The van der Waals surface area contributed by atoms with Crippen LogP contribution in [0.15, 0.2) is 91.8 Å². The summed E-state index contributed by atoms with van der Waals surface area (Å²) in [5.41, 5.74) is 3.27. The SMILES string of the molecule is C=CC(=O)Nc1cc(Nc2cc(N3OCC[C@@H]3c3cccc(Oc4ccccc4)c3)ncn2)c(OC)cc1N1CC[C@@H](CN(C)C)C1. The number of anilines is 5. The summed E-state index contributed by atoms with van der Waals surface area (Å²) in [6, 6.07) is 23.4. The molecule has 11 nitrogen and oxygen atoms in total. The van der Waals surface area contributed by atoms with Crippen molar-refractivity contribution in [2.75, 3.05) is 68.0 Å². The van der Waals surface area contributed by atoms with Crippen molar-refractivity contribution in [2.45, 2.75) is 18.9 Å². The summed E-state index contributed by atoms with van der Waals surface area (Å²) < 4.78 is 11.9. The summed E-state index contributed by atoms with van der Waals surface area (Å²) in [5, 5.41) is 8.20. The molecule has 244 valence electrons. The maximum absolute atomic E-state index is 12.5. The topological polar surface area (TPSA) is 104 Å². The first kappa shape index (κ1) is 31.8. The van der Waals surface area contributed by atoms with Crippen LogP contribution in [-0.2, 0) is 9.63 Å². The molecule has 11 heteroatoms. The quantitative estimate of drug-likeness (QED) is 0.170. The molecule has 47 heavy (non-hydrogen) atoms. The van der Waals surface area contributed by atoms with E-state index >= 15 is 0 Å². The molecule has 3 aromatic carbocycles. The Morgan fingerprint density at radius 1 is 1.04 bits per heavy atom. The van der Waals surface area contributed by atoms with Crippen LogP contribution in [-0.4, -0.2) is 68.2 Å².